The Morgan fingerprint density at radius 2 is 1.76 bits per heavy atom. The number of hydrogen-bond acceptors (Lipinski definition) is 7. The molecule has 8 nitrogen and oxygen atoms in total. The first kappa shape index (κ1) is 26.9. The molecule has 37 heavy (non-hydrogen) atoms. The molecule has 0 unspecified atom stereocenters. The van der Waals surface area contributed by atoms with E-state index in [9.17, 15) is 14.3 Å². The summed E-state index contributed by atoms with van der Waals surface area (Å²) in [7, 11) is 0. The van der Waals surface area contributed by atoms with Gasteiger partial charge in [-0.05, 0) is 49.2 Å². The van der Waals surface area contributed by atoms with E-state index in [2.05, 4.69) is 14.9 Å². The molecule has 0 atom stereocenters. The van der Waals surface area contributed by atoms with E-state index in [0.29, 0.717) is 31.4 Å². The molecular formula is C26H27Cl2FN4O4. The van der Waals surface area contributed by atoms with E-state index >= 15 is 0 Å². The molecule has 0 aliphatic carbocycles. The van der Waals surface area contributed by atoms with E-state index in [1.807, 2.05) is 30.9 Å². The topological polar surface area (TPSA) is 88.0 Å². The highest BCUT2D eigenvalue weighted by atomic mass is 35.5. The van der Waals surface area contributed by atoms with Crippen LogP contribution in [-0.2, 0) is 6.61 Å². The van der Waals surface area contributed by atoms with Gasteiger partial charge in [-0.15, -0.1) is 0 Å². The fourth-order valence-electron chi connectivity index (χ4n) is 4.02. The van der Waals surface area contributed by atoms with Gasteiger partial charge in [0.05, 0.1) is 10.7 Å². The summed E-state index contributed by atoms with van der Waals surface area (Å²) in [5, 5.41) is 10.2. The van der Waals surface area contributed by atoms with Crippen molar-refractivity contribution in [2.45, 2.75) is 20.5 Å². The van der Waals surface area contributed by atoms with Crippen LogP contribution in [0.1, 0.15) is 27.2 Å². The van der Waals surface area contributed by atoms with Crippen molar-refractivity contribution in [3.05, 3.63) is 74.8 Å². The first-order valence-electron chi connectivity index (χ1n) is 11.7. The van der Waals surface area contributed by atoms with Crippen LogP contribution in [0.2, 0.25) is 10.0 Å². The number of benzene rings is 2. The van der Waals surface area contributed by atoms with Crippen LogP contribution in [-0.4, -0.2) is 65.3 Å². The van der Waals surface area contributed by atoms with Crippen molar-refractivity contribution in [2.75, 3.05) is 44.2 Å². The molecule has 1 N–H and O–H groups in total. The van der Waals surface area contributed by atoms with E-state index in [-0.39, 0.29) is 22.9 Å². The molecule has 1 aliphatic heterocycles. The van der Waals surface area contributed by atoms with Gasteiger partial charge in [-0.1, -0.05) is 23.2 Å². The van der Waals surface area contributed by atoms with Gasteiger partial charge < -0.3 is 19.5 Å². The monoisotopic (exact) mass is 548 g/mol. The SMILES string of the molecule is Cc1cc(OCCN2CCN(c3ncc(C(=O)O)c(COc4ccc(F)c(Cl)c4)n3)CC2)cc(C)c1Cl. The Labute approximate surface area is 224 Å². The minimum atomic E-state index is -1.15. The first-order valence-corrected chi connectivity index (χ1v) is 12.5. The van der Waals surface area contributed by atoms with Crippen LogP contribution < -0.4 is 14.4 Å². The normalized spacial score (nSPS) is 14.0. The minimum absolute atomic E-state index is 0.0552. The van der Waals surface area contributed by atoms with Gasteiger partial charge in [-0.2, -0.15) is 0 Å². The average molecular weight is 549 g/mol. The summed E-state index contributed by atoms with van der Waals surface area (Å²) in [5.41, 5.74) is 2.15. The number of carboxylic acid groups (broad SMARTS) is 1. The Kier molecular flexibility index (Phi) is 8.68. The standard InChI is InChI=1S/C26H27Cl2FN4O4/c1-16-11-19(12-17(2)24(16)28)36-10-9-32-5-7-33(8-6-32)26-30-14-20(25(34)35)23(31-26)15-37-18-3-4-22(29)21(27)13-18/h3-4,11-14H,5-10,15H2,1-2H3,(H,34,35). The van der Waals surface area contributed by atoms with Gasteiger partial charge in [0.15, 0.2) is 0 Å². The first-order chi connectivity index (χ1) is 17.7. The molecule has 4 rings (SSSR count). The van der Waals surface area contributed by atoms with E-state index in [1.165, 1.54) is 24.4 Å². The number of nitrogens with zero attached hydrogens (tertiary/aromatic N) is 4. The molecule has 2 heterocycles. The fraction of sp³-hybridized carbons (Fsp3) is 0.346. The molecule has 3 aromatic rings. The number of aryl methyl sites for hydroxylation is 2. The third-order valence-electron chi connectivity index (χ3n) is 6.09. The average Bonchev–Trinajstić information content (AvgIpc) is 2.88. The second-order valence-corrected chi connectivity index (χ2v) is 9.53. The number of halogens is 3. The number of aromatic nitrogens is 2. The van der Waals surface area contributed by atoms with E-state index < -0.39 is 11.8 Å². The zero-order valence-electron chi connectivity index (χ0n) is 20.5. The van der Waals surface area contributed by atoms with Crippen LogP contribution >= 0.6 is 23.2 Å². The van der Waals surface area contributed by atoms with Crippen LogP contribution in [0, 0.1) is 19.7 Å². The minimum Gasteiger partial charge on any atom is -0.492 e. The summed E-state index contributed by atoms with van der Waals surface area (Å²) in [6, 6.07) is 7.82. The van der Waals surface area contributed by atoms with Crippen molar-refractivity contribution in [3.8, 4) is 11.5 Å². The molecule has 196 valence electrons. The number of piperazine rings is 1. The Morgan fingerprint density at radius 1 is 1.05 bits per heavy atom. The number of carbonyl (C=O) groups is 1. The lowest BCUT2D eigenvalue weighted by Crippen LogP contribution is -2.48. The molecule has 0 bridgehead atoms. The highest BCUT2D eigenvalue weighted by Gasteiger charge is 2.22. The molecule has 11 heteroatoms. The lowest BCUT2D eigenvalue weighted by atomic mass is 10.1. The second-order valence-electron chi connectivity index (χ2n) is 8.75. The molecule has 0 radical (unpaired) electrons. The summed E-state index contributed by atoms with van der Waals surface area (Å²) in [4.78, 5) is 24.7. The van der Waals surface area contributed by atoms with Crippen LogP contribution in [0.4, 0.5) is 10.3 Å². The summed E-state index contributed by atoms with van der Waals surface area (Å²) < 4.78 is 25.0. The maximum Gasteiger partial charge on any atom is 0.339 e. The largest absolute Gasteiger partial charge is 0.492 e. The summed E-state index contributed by atoms with van der Waals surface area (Å²) >= 11 is 12.0. The van der Waals surface area contributed by atoms with E-state index in [0.717, 1.165) is 41.5 Å². The zero-order chi connectivity index (χ0) is 26.5. The van der Waals surface area contributed by atoms with E-state index in [4.69, 9.17) is 32.7 Å². The highest BCUT2D eigenvalue weighted by molar-refractivity contribution is 6.32. The Morgan fingerprint density at radius 3 is 2.41 bits per heavy atom. The predicted molar refractivity (Wildman–Crippen MR) is 140 cm³/mol. The number of hydrogen-bond donors (Lipinski definition) is 1. The van der Waals surface area contributed by atoms with Crippen LogP contribution in [0.5, 0.6) is 11.5 Å². The van der Waals surface area contributed by atoms with Crippen molar-refractivity contribution in [2.24, 2.45) is 0 Å². The van der Waals surface area contributed by atoms with Crippen LogP contribution in [0.3, 0.4) is 0 Å². The van der Waals surface area contributed by atoms with Crippen molar-refractivity contribution in [1.82, 2.24) is 14.9 Å². The summed E-state index contributed by atoms with van der Waals surface area (Å²) in [5.74, 6) is -0.169. The predicted octanol–water partition coefficient (Wildman–Crippen LogP) is 5.02. The quantitative estimate of drug-likeness (QED) is 0.399. The second kappa shape index (κ2) is 11.9. The number of ether oxygens (including phenoxy) is 2. The molecule has 0 saturated carbocycles. The Balaban J connectivity index is 1.33. The molecular weight excluding hydrogens is 522 g/mol. The Hall–Kier alpha value is -3.14. The van der Waals surface area contributed by atoms with Crippen molar-refractivity contribution < 1.29 is 23.8 Å². The molecule has 1 aliphatic rings. The number of rotatable bonds is 9. The molecule has 2 aromatic carbocycles. The highest BCUT2D eigenvalue weighted by Crippen LogP contribution is 2.26. The van der Waals surface area contributed by atoms with Gasteiger partial charge in [0.1, 0.15) is 36.1 Å². The summed E-state index contributed by atoms with van der Waals surface area (Å²) in [6.07, 6.45) is 1.29. The van der Waals surface area contributed by atoms with Crippen molar-refractivity contribution in [1.29, 1.82) is 0 Å². The van der Waals surface area contributed by atoms with Gasteiger partial charge in [-0.3, -0.25) is 4.90 Å². The lowest BCUT2D eigenvalue weighted by Gasteiger charge is -2.34. The zero-order valence-corrected chi connectivity index (χ0v) is 22.0. The lowest BCUT2D eigenvalue weighted by molar-refractivity contribution is 0.0692. The van der Waals surface area contributed by atoms with Gasteiger partial charge >= 0.3 is 5.97 Å². The smallest absolute Gasteiger partial charge is 0.339 e. The van der Waals surface area contributed by atoms with Gasteiger partial charge in [0.2, 0.25) is 5.95 Å². The molecule has 1 aromatic heterocycles. The van der Waals surface area contributed by atoms with Crippen LogP contribution in [0.15, 0.2) is 36.5 Å². The number of carboxylic acids is 1. The summed E-state index contributed by atoms with van der Waals surface area (Å²) in [6.45, 7) is 8.05. The van der Waals surface area contributed by atoms with Gasteiger partial charge in [0, 0.05) is 50.0 Å². The third-order valence-corrected chi connectivity index (χ3v) is 6.98. The maximum atomic E-state index is 13.4. The molecule has 1 fully saturated rings. The maximum absolute atomic E-state index is 13.4. The third kappa shape index (κ3) is 6.80. The molecule has 1 saturated heterocycles. The van der Waals surface area contributed by atoms with Crippen molar-refractivity contribution in [3.63, 3.8) is 0 Å². The Bertz CT molecular complexity index is 1260. The fourth-order valence-corrected chi connectivity index (χ4v) is 4.30. The number of anilines is 1. The van der Waals surface area contributed by atoms with Crippen LogP contribution in [0.25, 0.3) is 0 Å². The van der Waals surface area contributed by atoms with Crippen molar-refractivity contribution >= 4 is 35.1 Å². The van der Waals surface area contributed by atoms with E-state index in [1.54, 1.807) is 0 Å². The molecule has 0 spiro atoms. The molecule has 0 amide bonds. The van der Waals surface area contributed by atoms with Gasteiger partial charge in [0.25, 0.3) is 0 Å². The number of aromatic carboxylic acids is 1. The van der Waals surface area contributed by atoms with Gasteiger partial charge in [-0.25, -0.2) is 19.2 Å².